The van der Waals surface area contributed by atoms with Gasteiger partial charge >= 0.3 is 0 Å². The van der Waals surface area contributed by atoms with Gasteiger partial charge in [-0.1, -0.05) is 42.4 Å². The number of rotatable bonds is 3. The van der Waals surface area contributed by atoms with Crippen LogP contribution in [0.1, 0.15) is 21.9 Å². The summed E-state index contributed by atoms with van der Waals surface area (Å²) in [4.78, 5) is 19.4. The summed E-state index contributed by atoms with van der Waals surface area (Å²) in [6, 6.07) is 14.4. The maximum atomic E-state index is 12.3. The van der Waals surface area contributed by atoms with Crippen molar-refractivity contribution in [2.45, 2.75) is 12.5 Å². The van der Waals surface area contributed by atoms with Gasteiger partial charge in [-0.25, -0.2) is 0 Å². The number of aromatic nitrogens is 1. The Morgan fingerprint density at radius 3 is 2.77 bits per heavy atom. The van der Waals surface area contributed by atoms with Gasteiger partial charge in [0.05, 0.1) is 10.9 Å². The zero-order valence-electron chi connectivity index (χ0n) is 14.1. The number of thiophene rings is 1. The molecule has 26 heavy (non-hydrogen) atoms. The standard InChI is InChI=1S/C21H17ClN2OS/c1-2-21(25)24-12-18(17-11-20(22)26-19(17)13-24)16-6-4-3-5-15(16)14-7-9-23-10-8-14/h2-11,18H,1,12-13H2. The van der Waals surface area contributed by atoms with E-state index in [0.717, 1.165) is 20.3 Å². The van der Waals surface area contributed by atoms with E-state index in [2.05, 4.69) is 23.7 Å². The van der Waals surface area contributed by atoms with Crippen molar-refractivity contribution >= 4 is 28.8 Å². The summed E-state index contributed by atoms with van der Waals surface area (Å²) in [6.45, 7) is 4.85. The van der Waals surface area contributed by atoms with E-state index in [1.807, 2.05) is 35.2 Å². The van der Waals surface area contributed by atoms with E-state index in [0.29, 0.717) is 13.1 Å². The van der Waals surface area contributed by atoms with Crippen molar-refractivity contribution in [3.63, 3.8) is 0 Å². The van der Waals surface area contributed by atoms with Gasteiger partial charge < -0.3 is 4.90 Å². The van der Waals surface area contributed by atoms with Crippen molar-refractivity contribution in [1.82, 2.24) is 9.88 Å². The van der Waals surface area contributed by atoms with Crippen molar-refractivity contribution in [3.8, 4) is 11.1 Å². The molecular weight excluding hydrogens is 364 g/mol. The molecule has 0 saturated carbocycles. The molecule has 1 atom stereocenters. The van der Waals surface area contributed by atoms with E-state index in [-0.39, 0.29) is 11.8 Å². The highest BCUT2D eigenvalue weighted by molar-refractivity contribution is 7.16. The summed E-state index contributed by atoms with van der Waals surface area (Å²) in [6.07, 6.45) is 4.98. The van der Waals surface area contributed by atoms with Crippen LogP contribution in [0.3, 0.4) is 0 Å². The summed E-state index contributed by atoms with van der Waals surface area (Å²) in [5, 5.41) is 0. The fourth-order valence-electron chi connectivity index (χ4n) is 3.54. The number of carbonyl (C=O) groups is 1. The van der Waals surface area contributed by atoms with Crippen LogP contribution in [-0.4, -0.2) is 22.3 Å². The number of benzene rings is 1. The van der Waals surface area contributed by atoms with Gasteiger partial charge in [-0.3, -0.25) is 9.78 Å². The van der Waals surface area contributed by atoms with Gasteiger partial charge in [0.25, 0.3) is 0 Å². The van der Waals surface area contributed by atoms with Crippen LogP contribution in [0.5, 0.6) is 0 Å². The minimum absolute atomic E-state index is 0.0495. The predicted molar refractivity (Wildman–Crippen MR) is 106 cm³/mol. The number of carbonyl (C=O) groups excluding carboxylic acids is 1. The second kappa shape index (κ2) is 7.06. The highest BCUT2D eigenvalue weighted by atomic mass is 35.5. The van der Waals surface area contributed by atoms with Gasteiger partial charge in [-0.15, -0.1) is 11.3 Å². The quantitative estimate of drug-likeness (QED) is 0.590. The van der Waals surface area contributed by atoms with Crippen LogP contribution in [0.4, 0.5) is 0 Å². The first-order valence-corrected chi connectivity index (χ1v) is 9.55. The van der Waals surface area contributed by atoms with Crippen LogP contribution in [0, 0.1) is 0 Å². The Kier molecular flexibility index (Phi) is 4.62. The van der Waals surface area contributed by atoms with Crippen molar-refractivity contribution in [3.05, 3.63) is 87.9 Å². The van der Waals surface area contributed by atoms with Crippen molar-refractivity contribution < 1.29 is 4.79 Å². The van der Waals surface area contributed by atoms with Gasteiger partial charge in [-0.05, 0) is 46.5 Å². The molecule has 130 valence electrons. The van der Waals surface area contributed by atoms with Crippen LogP contribution in [0.25, 0.3) is 11.1 Å². The van der Waals surface area contributed by atoms with Crippen LogP contribution >= 0.6 is 22.9 Å². The predicted octanol–water partition coefficient (Wildman–Crippen LogP) is 5.12. The van der Waals surface area contributed by atoms with Crippen molar-refractivity contribution in [2.24, 2.45) is 0 Å². The molecule has 1 unspecified atom stereocenters. The smallest absolute Gasteiger partial charge is 0.246 e. The van der Waals surface area contributed by atoms with Gasteiger partial charge in [-0.2, -0.15) is 0 Å². The molecule has 0 bridgehead atoms. The molecule has 3 nitrogen and oxygen atoms in total. The molecule has 1 aromatic carbocycles. The number of pyridine rings is 1. The van der Waals surface area contributed by atoms with Crippen molar-refractivity contribution in [1.29, 1.82) is 0 Å². The lowest BCUT2D eigenvalue weighted by Crippen LogP contribution is -2.37. The lowest BCUT2D eigenvalue weighted by Gasteiger charge is -2.33. The van der Waals surface area contributed by atoms with Crippen LogP contribution < -0.4 is 0 Å². The van der Waals surface area contributed by atoms with Crippen molar-refractivity contribution in [2.75, 3.05) is 6.54 Å². The molecule has 3 aromatic rings. The van der Waals surface area contributed by atoms with Gasteiger partial charge in [0.1, 0.15) is 0 Å². The van der Waals surface area contributed by atoms with E-state index in [1.165, 1.54) is 17.2 Å². The average molecular weight is 381 g/mol. The molecule has 0 saturated heterocycles. The minimum atomic E-state index is -0.0495. The number of fused-ring (bicyclic) bond motifs is 1. The first-order valence-electron chi connectivity index (χ1n) is 8.36. The Morgan fingerprint density at radius 1 is 1.23 bits per heavy atom. The summed E-state index contributed by atoms with van der Waals surface area (Å²) < 4.78 is 0.759. The highest BCUT2D eigenvalue weighted by Gasteiger charge is 2.31. The monoisotopic (exact) mass is 380 g/mol. The first-order chi connectivity index (χ1) is 12.7. The van der Waals surface area contributed by atoms with E-state index in [4.69, 9.17) is 11.6 Å². The van der Waals surface area contributed by atoms with E-state index in [9.17, 15) is 4.79 Å². The van der Waals surface area contributed by atoms with Gasteiger partial charge in [0, 0.05) is 29.7 Å². The molecular formula is C21H17ClN2OS. The molecule has 2 aromatic heterocycles. The molecule has 1 aliphatic heterocycles. The molecule has 0 radical (unpaired) electrons. The number of amides is 1. The first kappa shape index (κ1) is 17.0. The molecule has 3 heterocycles. The molecule has 1 aliphatic rings. The molecule has 0 fully saturated rings. The Morgan fingerprint density at radius 2 is 2.00 bits per heavy atom. The zero-order chi connectivity index (χ0) is 18.1. The second-order valence-electron chi connectivity index (χ2n) is 6.23. The SMILES string of the molecule is C=CC(=O)N1Cc2sc(Cl)cc2C(c2ccccc2-c2ccncc2)C1. The molecule has 0 spiro atoms. The van der Waals surface area contributed by atoms with Crippen LogP contribution in [0.2, 0.25) is 4.34 Å². The summed E-state index contributed by atoms with van der Waals surface area (Å²) in [5.41, 5.74) is 4.68. The second-order valence-corrected chi connectivity index (χ2v) is 8.00. The molecule has 0 aliphatic carbocycles. The number of nitrogens with zero attached hydrogens (tertiary/aromatic N) is 2. The Labute approximate surface area is 161 Å². The Balaban J connectivity index is 1.84. The van der Waals surface area contributed by atoms with Crippen LogP contribution in [-0.2, 0) is 11.3 Å². The number of halogens is 1. The Hall–Kier alpha value is -2.43. The zero-order valence-corrected chi connectivity index (χ0v) is 15.6. The van der Waals surface area contributed by atoms with Gasteiger partial charge in [0.15, 0.2) is 0 Å². The normalized spacial score (nSPS) is 16.2. The highest BCUT2D eigenvalue weighted by Crippen LogP contribution is 2.42. The summed E-state index contributed by atoms with van der Waals surface area (Å²) in [7, 11) is 0. The van der Waals surface area contributed by atoms with Crippen LogP contribution in [0.15, 0.2) is 67.5 Å². The largest absolute Gasteiger partial charge is 0.333 e. The Bertz CT molecular complexity index is 967. The fourth-order valence-corrected chi connectivity index (χ4v) is 4.90. The van der Waals surface area contributed by atoms with Gasteiger partial charge in [0.2, 0.25) is 5.91 Å². The lowest BCUT2D eigenvalue weighted by molar-refractivity contribution is -0.127. The van der Waals surface area contributed by atoms with E-state index in [1.54, 1.807) is 23.7 Å². The third kappa shape index (κ3) is 3.06. The lowest BCUT2D eigenvalue weighted by atomic mass is 9.84. The maximum absolute atomic E-state index is 12.3. The molecule has 0 N–H and O–H groups in total. The molecule has 4 rings (SSSR count). The topological polar surface area (TPSA) is 33.2 Å². The third-order valence-corrected chi connectivity index (χ3v) is 6.00. The maximum Gasteiger partial charge on any atom is 0.246 e. The summed E-state index contributed by atoms with van der Waals surface area (Å²) in [5.74, 6) is 0.0299. The average Bonchev–Trinajstić information content (AvgIpc) is 3.07. The minimum Gasteiger partial charge on any atom is -0.333 e. The van der Waals surface area contributed by atoms with E-state index < -0.39 is 0 Å². The number of hydrogen-bond donors (Lipinski definition) is 0. The van der Waals surface area contributed by atoms with E-state index >= 15 is 0 Å². The fraction of sp³-hybridized carbons (Fsp3) is 0.143. The molecule has 1 amide bonds. The summed E-state index contributed by atoms with van der Waals surface area (Å²) >= 11 is 7.86. The number of hydrogen-bond acceptors (Lipinski definition) is 3. The molecule has 5 heteroatoms. The third-order valence-electron chi connectivity index (χ3n) is 4.74.